The average molecular weight is 280 g/mol. The molecule has 1 aromatic rings. The summed E-state index contributed by atoms with van der Waals surface area (Å²) in [6, 6.07) is 3.72. The number of aliphatic carboxylic acids is 1. The summed E-state index contributed by atoms with van der Waals surface area (Å²) < 4.78 is 5.13. The second-order valence-electron chi connectivity index (χ2n) is 4.84. The molecule has 0 aliphatic heterocycles. The van der Waals surface area contributed by atoms with Crippen LogP contribution in [0.3, 0.4) is 0 Å². The molecule has 6 nitrogen and oxygen atoms in total. The number of carbonyl (C=O) groups excluding carboxylic acids is 1. The molecule has 6 heteroatoms. The highest BCUT2D eigenvalue weighted by atomic mass is 16.5. The van der Waals surface area contributed by atoms with Gasteiger partial charge in [0.1, 0.15) is 11.8 Å². The van der Waals surface area contributed by atoms with E-state index in [-0.39, 0.29) is 5.92 Å². The average Bonchev–Trinajstić information content (AvgIpc) is 2.35. The fourth-order valence-corrected chi connectivity index (χ4v) is 1.78. The van der Waals surface area contributed by atoms with Crippen LogP contribution >= 0.6 is 0 Å². The van der Waals surface area contributed by atoms with Gasteiger partial charge in [-0.25, -0.2) is 9.59 Å². The molecule has 0 fully saturated rings. The summed E-state index contributed by atoms with van der Waals surface area (Å²) in [5, 5.41) is 14.0. The van der Waals surface area contributed by atoms with E-state index >= 15 is 0 Å². The van der Waals surface area contributed by atoms with Gasteiger partial charge in [0.05, 0.1) is 7.11 Å². The molecule has 1 rings (SSSR count). The van der Waals surface area contributed by atoms with Crippen LogP contribution in [0.25, 0.3) is 0 Å². The Kier molecular flexibility index (Phi) is 5.37. The lowest BCUT2D eigenvalue weighted by Gasteiger charge is -2.18. The first-order valence-corrected chi connectivity index (χ1v) is 6.30. The van der Waals surface area contributed by atoms with Gasteiger partial charge in [0.25, 0.3) is 0 Å². The number of carboxylic acids is 1. The fraction of sp³-hybridized carbons (Fsp3) is 0.429. The van der Waals surface area contributed by atoms with E-state index in [1.165, 1.54) is 0 Å². The maximum Gasteiger partial charge on any atom is 0.326 e. The van der Waals surface area contributed by atoms with Crippen LogP contribution in [0.5, 0.6) is 5.75 Å². The number of ether oxygens (including phenoxy) is 1. The third kappa shape index (κ3) is 4.15. The Balaban J connectivity index is 2.71. The zero-order valence-electron chi connectivity index (χ0n) is 12.1. The second-order valence-corrected chi connectivity index (χ2v) is 4.84. The van der Waals surface area contributed by atoms with Crippen LogP contribution in [0.4, 0.5) is 10.5 Å². The van der Waals surface area contributed by atoms with E-state index in [2.05, 4.69) is 10.6 Å². The molecule has 0 radical (unpaired) electrons. The van der Waals surface area contributed by atoms with Crippen molar-refractivity contribution in [3.63, 3.8) is 0 Å². The molecule has 20 heavy (non-hydrogen) atoms. The Labute approximate surface area is 118 Å². The molecule has 1 atom stereocenters. The van der Waals surface area contributed by atoms with E-state index in [4.69, 9.17) is 9.84 Å². The van der Waals surface area contributed by atoms with Crippen molar-refractivity contribution < 1.29 is 19.4 Å². The lowest BCUT2D eigenvalue weighted by atomic mass is 10.1. The summed E-state index contributed by atoms with van der Waals surface area (Å²) in [4.78, 5) is 22.8. The standard InChI is InChI=1S/C14H20N2O4/c1-8(2)12(13(17)18)16-14(19)15-10-5-6-11(20-4)9(3)7-10/h5-8,12H,1-4H3,(H,17,18)(H2,15,16,19)/t12-/m1/s1. The largest absolute Gasteiger partial charge is 0.496 e. The van der Waals surface area contributed by atoms with Crippen molar-refractivity contribution in [2.75, 3.05) is 12.4 Å². The van der Waals surface area contributed by atoms with Crippen LogP contribution in [0.2, 0.25) is 0 Å². The number of anilines is 1. The number of amides is 2. The predicted molar refractivity (Wildman–Crippen MR) is 76.1 cm³/mol. The van der Waals surface area contributed by atoms with Gasteiger partial charge in [0.2, 0.25) is 0 Å². The number of urea groups is 1. The molecule has 2 amide bonds. The van der Waals surface area contributed by atoms with Gasteiger partial charge in [-0.05, 0) is 36.6 Å². The van der Waals surface area contributed by atoms with Crippen molar-refractivity contribution in [2.24, 2.45) is 5.92 Å². The van der Waals surface area contributed by atoms with Crippen molar-refractivity contribution >= 4 is 17.7 Å². The van der Waals surface area contributed by atoms with Gasteiger partial charge in [-0.2, -0.15) is 0 Å². The minimum atomic E-state index is -1.05. The van der Waals surface area contributed by atoms with Crippen LogP contribution in [0, 0.1) is 12.8 Å². The van der Waals surface area contributed by atoms with E-state index in [0.29, 0.717) is 5.69 Å². The number of aryl methyl sites for hydroxylation is 1. The number of benzene rings is 1. The van der Waals surface area contributed by atoms with Gasteiger partial charge in [-0.3, -0.25) is 0 Å². The number of nitrogens with one attached hydrogen (secondary N) is 2. The van der Waals surface area contributed by atoms with E-state index in [9.17, 15) is 9.59 Å². The quantitative estimate of drug-likeness (QED) is 0.771. The second kappa shape index (κ2) is 6.79. The molecule has 0 aliphatic carbocycles. The van der Waals surface area contributed by atoms with Crippen molar-refractivity contribution in [3.05, 3.63) is 23.8 Å². The summed E-state index contributed by atoms with van der Waals surface area (Å²) in [6.07, 6.45) is 0. The third-order valence-corrected chi connectivity index (χ3v) is 2.87. The molecule has 0 saturated heterocycles. The van der Waals surface area contributed by atoms with Crippen LogP contribution in [0.1, 0.15) is 19.4 Å². The van der Waals surface area contributed by atoms with E-state index in [0.717, 1.165) is 11.3 Å². The minimum absolute atomic E-state index is 0.198. The molecule has 0 bridgehead atoms. The number of carboxylic acid groups (broad SMARTS) is 1. The first-order chi connectivity index (χ1) is 9.35. The maximum absolute atomic E-state index is 11.8. The molecule has 0 saturated carbocycles. The molecular weight excluding hydrogens is 260 g/mol. The molecule has 3 N–H and O–H groups in total. The fourth-order valence-electron chi connectivity index (χ4n) is 1.78. The molecule has 1 aromatic carbocycles. The minimum Gasteiger partial charge on any atom is -0.496 e. The predicted octanol–water partition coefficient (Wildman–Crippen LogP) is 2.23. The van der Waals surface area contributed by atoms with Gasteiger partial charge < -0.3 is 20.5 Å². The van der Waals surface area contributed by atoms with Gasteiger partial charge >= 0.3 is 12.0 Å². The molecule has 0 unspecified atom stereocenters. The van der Waals surface area contributed by atoms with Crippen LogP contribution in [0.15, 0.2) is 18.2 Å². The summed E-state index contributed by atoms with van der Waals surface area (Å²) in [7, 11) is 1.57. The Bertz CT molecular complexity index is 500. The van der Waals surface area contributed by atoms with Crippen LogP contribution in [-0.2, 0) is 4.79 Å². The summed E-state index contributed by atoms with van der Waals surface area (Å²) in [5.74, 6) is -0.529. The van der Waals surface area contributed by atoms with Crippen molar-refractivity contribution in [3.8, 4) is 5.75 Å². The van der Waals surface area contributed by atoms with Crippen LogP contribution < -0.4 is 15.4 Å². The molecule has 0 heterocycles. The highest BCUT2D eigenvalue weighted by Gasteiger charge is 2.23. The number of hydrogen-bond acceptors (Lipinski definition) is 3. The summed E-state index contributed by atoms with van der Waals surface area (Å²) in [6.45, 7) is 5.32. The summed E-state index contributed by atoms with van der Waals surface area (Å²) in [5.41, 5.74) is 1.46. The van der Waals surface area contributed by atoms with Gasteiger partial charge in [-0.15, -0.1) is 0 Å². The van der Waals surface area contributed by atoms with Crippen molar-refractivity contribution in [1.29, 1.82) is 0 Å². The van der Waals surface area contributed by atoms with Gasteiger partial charge in [0, 0.05) is 5.69 Å². The Morgan fingerprint density at radius 2 is 1.95 bits per heavy atom. The molecular formula is C14H20N2O4. The molecule has 0 aromatic heterocycles. The Hall–Kier alpha value is -2.24. The lowest BCUT2D eigenvalue weighted by Crippen LogP contribution is -2.46. The maximum atomic E-state index is 11.8. The van der Waals surface area contributed by atoms with Crippen molar-refractivity contribution in [2.45, 2.75) is 26.8 Å². The monoisotopic (exact) mass is 280 g/mol. The molecule has 110 valence electrons. The lowest BCUT2D eigenvalue weighted by molar-refractivity contribution is -0.140. The van der Waals surface area contributed by atoms with E-state index in [1.807, 2.05) is 6.92 Å². The number of methoxy groups -OCH3 is 1. The topological polar surface area (TPSA) is 87.7 Å². The highest BCUT2D eigenvalue weighted by molar-refractivity contribution is 5.92. The normalized spacial score (nSPS) is 11.8. The zero-order chi connectivity index (χ0) is 15.3. The van der Waals surface area contributed by atoms with Crippen LogP contribution in [-0.4, -0.2) is 30.3 Å². The van der Waals surface area contributed by atoms with E-state index in [1.54, 1.807) is 39.2 Å². The zero-order valence-corrected chi connectivity index (χ0v) is 12.1. The first-order valence-electron chi connectivity index (χ1n) is 6.30. The van der Waals surface area contributed by atoms with Gasteiger partial charge in [0.15, 0.2) is 0 Å². The smallest absolute Gasteiger partial charge is 0.326 e. The Morgan fingerprint density at radius 3 is 2.40 bits per heavy atom. The van der Waals surface area contributed by atoms with Gasteiger partial charge in [-0.1, -0.05) is 13.8 Å². The third-order valence-electron chi connectivity index (χ3n) is 2.87. The number of rotatable bonds is 5. The molecule has 0 spiro atoms. The highest BCUT2D eigenvalue weighted by Crippen LogP contribution is 2.21. The van der Waals surface area contributed by atoms with Crippen molar-refractivity contribution in [1.82, 2.24) is 5.32 Å². The Morgan fingerprint density at radius 1 is 1.30 bits per heavy atom. The molecule has 0 aliphatic rings. The summed E-state index contributed by atoms with van der Waals surface area (Å²) >= 11 is 0. The number of carbonyl (C=O) groups is 2. The SMILES string of the molecule is COc1ccc(NC(=O)N[C@@H](C(=O)O)C(C)C)cc1C. The first kappa shape index (κ1) is 15.8. The number of hydrogen-bond donors (Lipinski definition) is 3. The van der Waals surface area contributed by atoms with E-state index < -0.39 is 18.0 Å².